The third-order valence-corrected chi connectivity index (χ3v) is 3.11. The monoisotopic (exact) mass is 246 g/mol. The summed E-state index contributed by atoms with van der Waals surface area (Å²) in [6, 6.07) is 2.32. The van der Waals surface area contributed by atoms with Gasteiger partial charge in [-0.15, -0.1) is 0 Å². The number of hydrogen-bond acceptors (Lipinski definition) is 3. The van der Waals surface area contributed by atoms with Crippen molar-refractivity contribution in [3.63, 3.8) is 0 Å². The van der Waals surface area contributed by atoms with Crippen LogP contribution in [0.2, 0.25) is 0 Å². The quantitative estimate of drug-likeness (QED) is 0.901. The van der Waals surface area contributed by atoms with Crippen molar-refractivity contribution in [1.82, 2.24) is 14.5 Å². The van der Waals surface area contributed by atoms with E-state index in [-0.39, 0.29) is 6.04 Å². The number of rotatable bonds is 4. The number of aryl methyl sites for hydroxylation is 1. The van der Waals surface area contributed by atoms with E-state index in [0.29, 0.717) is 12.5 Å². The molecule has 0 fully saturated rings. The number of pyridine rings is 1. The second kappa shape index (κ2) is 5.06. The van der Waals surface area contributed by atoms with Crippen molar-refractivity contribution < 1.29 is 0 Å². The highest BCUT2D eigenvalue weighted by Gasteiger charge is 2.16. The van der Waals surface area contributed by atoms with Crippen LogP contribution in [0.15, 0.2) is 12.3 Å². The van der Waals surface area contributed by atoms with Gasteiger partial charge in [0.05, 0.1) is 0 Å². The molecule has 2 N–H and O–H groups in total. The van der Waals surface area contributed by atoms with Crippen molar-refractivity contribution in [3.05, 3.63) is 23.7 Å². The van der Waals surface area contributed by atoms with Crippen LogP contribution in [0.4, 0.5) is 0 Å². The molecule has 2 rings (SSSR count). The first-order valence-corrected chi connectivity index (χ1v) is 6.56. The molecule has 18 heavy (non-hydrogen) atoms. The van der Waals surface area contributed by atoms with Crippen LogP contribution in [0.3, 0.4) is 0 Å². The Morgan fingerprint density at radius 1 is 1.33 bits per heavy atom. The molecule has 1 atom stereocenters. The molecular formula is C14H22N4. The summed E-state index contributed by atoms with van der Waals surface area (Å²) >= 11 is 0. The molecular weight excluding hydrogens is 224 g/mol. The first kappa shape index (κ1) is 13.0. The molecule has 0 aromatic carbocycles. The third-order valence-electron chi connectivity index (χ3n) is 3.11. The Morgan fingerprint density at radius 3 is 2.67 bits per heavy atom. The zero-order valence-electron chi connectivity index (χ0n) is 11.6. The molecule has 2 aromatic rings. The van der Waals surface area contributed by atoms with E-state index in [1.54, 1.807) is 0 Å². The number of imidazole rings is 1. The van der Waals surface area contributed by atoms with E-state index in [1.165, 1.54) is 0 Å². The molecule has 0 saturated carbocycles. The van der Waals surface area contributed by atoms with Gasteiger partial charge < -0.3 is 10.3 Å². The Bertz CT molecular complexity index is 542. The van der Waals surface area contributed by atoms with Crippen molar-refractivity contribution in [3.8, 4) is 0 Å². The highest BCUT2D eigenvalue weighted by Crippen LogP contribution is 2.21. The van der Waals surface area contributed by atoms with Gasteiger partial charge in [0.15, 0.2) is 5.65 Å². The van der Waals surface area contributed by atoms with E-state index >= 15 is 0 Å². The fraction of sp³-hybridized carbons (Fsp3) is 0.571. The second-order valence-electron chi connectivity index (χ2n) is 5.44. The molecule has 2 aromatic heterocycles. The van der Waals surface area contributed by atoms with Gasteiger partial charge in [0.25, 0.3) is 0 Å². The van der Waals surface area contributed by atoms with E-state index in [9.17, 15) is 0 Å². The lowest BCUT2D eigenvalue weighted by molar-refractivity contribution is 0.515. The molecule has 0 radical (unpaired) electrons. The summed E-state index contributed by atoms with van der Waals surface area (Å²) in [6.07, 6.45) is 2.85. The number of nitrogens with two attached hydrogens (primary N) is 1. The van der Waals surface area contributed by atoms with E-state index in [0.717, 1.165) is 29.0 Å². The van der Waals surface area contributed by atoms with Gasteiger partial charge in [-0.25, -0.2) is 9.97 Å². The molecule has 4 nitrogen and oxygen atoms in total. The summed E-state index contributed by atoms with van der Waals surface area (Å²) in [7, 11) is 0. The maximum absolute atomic E-state index is 5.81. The van der Waals surface area contributed by atoms with E-state index in [1.807, 2.05) is 13.1 Å². The predicted octanol–water partition coefficient (Wildman–Crippen LogP) is 2.46. The summed E-state index contributed by atoms with van der Waals surface area (Å²) in [5.74, 6) is 1.67. The molecule has 1 unspecified atom stereocenters. The zero-order chi connectivity index (χ0) is 13.3. The van der Waals surface area contributed by atoms with E-state index in [4.69, 9.17) is 10.7 Å². The Balaban J connectivity index is 2.60. The number of hydrogen-bond donors (Lipinski definition) is 1. The predicted molar refractivity (Wildman–Crippen MR) is 74.6 cm³/mol. The van der Waals surface area contributed by atoms with E-state index < -0.39 is 0 Å². The number of nitrogens with zero attached hydrogens (tertiary/aromatic N) is 3. The van der Waals surface area contributed by atoms with Crippen molar-refractivity contribution in [2.75, 3.05) is 6.54 Å². The van der Waals surface area contributed by atoms with E-state index in [2.05, 4.69) is 36.4 Å². The van der Waals surface area contributed by atoms with Gasteiger partial charge >= 0.3 is 0 Å². The Labute approximate surface area is 108 Å². The molecule has 98 valence electrons. The third kappa shape index (κ3) is 2.38. The second-order valence-corrected chi connectivity index (χ2v) is 5.44. The summed E-state index contributed by atoms with van der Waals surface area (Å²) < 4.78 is 2.19. The van der Waals surface area contributed by atoms with Gasteiger partial charge in [-0.3, -0.25) is 0 Å². The highest BCUT2D eigenvalue weighted by molar-refractivity contribution is 5.72. The molecule has 4 heteroatoms. The molecule has 0 aliphatic heterocycles. The molecule has 0 spiro atoms. The zero-order valence-corrected chi connectivity index (χ0v) is 11.6. The summed E-state index contributed by atoms with van der Waals surface area (Å²) in [5, 5.41) is 0. The average molecular weight is 246 g/mol. The van der Waals surface area contributed by atoms with Crippen LogP contribution >= 0.6 is 0 Å². The standard InChI is InChI=1S/C14H22N4/c1-9(2)5-13-17-12-6-10(3)8-16-14(12)18(13)11(4)7-15/h6,8-9,11H,5,7,15H2,1-4H3. The lowest BCUT2D eigenvalue weighted by Crippen LogP contribution is -2.19. The Morgan fingerprint density at radius 2 is 2.06 bits per heavy atom. The Hall–Kier alpha value is -1.42. The largest absolute Gasteiger partial charge is 0.328 e. The topological polar surface area (TPSA) is 56.7 Å². The summed E-state index contributed by atoms with van der Waals surface area (Å²) in [4.78, 5) is 9.25. The average Bonchev–Trinajstić information content (AvgIpc) is 2.64. The summed E-state index contributed by atoms with van der Waals surface area (Å²) in [6.45, 7) is 9.17. The van der Waals surface area contributed by atoms with Gasteiger partial charge in [-0.1, -0.05) is 13.8 Å². The SMILES string of the molecule is Cc1cnc2c(c1)nc(CC(C)C)n2C(C)CN. The van der Waals surface area contributed by atoms with Crippen LogP contribution in [-0.4, -0.2) is 21.1 Å². The normalized spacial score (nSPS) is 13.4. The van der Waals surface area contributed by atoms with Gasteiger partial charge in [0, 0.05) is 25.2 Å². The Kier molecular flexibility index (Phi) is 3.66. The van der Waals surface area contributed by atoms with Crippen LogP contribution in [-0.2, 0) is 6.42 Å². The first-order chi connectivity index (χ1) is 8.52. The van der Waals surface area contributed by atoms with Crippen LogP contribution in [0, 0.1) is 12.8 Å². The smallest absolute Gasteiger partial charge is 0.160 e. The fourth-order valence-corrected chi connectivity index (χ4v) is 2.21. The fourth-order valence-electron chi connectivity index (χ4n) is 2.21. The first-order valence-electron chi connectivity index (χ1n) is 6.56. The van der Waals surface area contributed by atoms with Crippen molar-refractivity contribution in [2.45, 2.75) is 40.2 Å². The number of aromatic nitrogens is 3. The minimum Gasteiger partial charge on any atom is -0.328 e. The summed E-state index contributed by atoms with van der Waals surface area (Å²) in [5.41, 5.74) is 8.88. The van der Waals surface area contributed by atoms with Crippen molar-refractivity contribution >= 4 is 11.2 Å². The maximum Gasteiger partial charge on any atom is 0.160 e. The lowest BCUT2D eigenvalue weighted by Gasteiger charge is -2.16. The van der Waals surface area contributed by atoms with Crippen LogP contribution in [0.5, 0.6) is 0 Å². The van der Waals surface area contributed by atoms with Crippen molar-refractivity contribution in [1.29, 1.82) is 0 Å². The molecule has 0 amide bonds. The van der Waals surface area contributed by atoms with Gasteiger partial charge in [0.2, 0.25) is 0 Å². The van der Waals surface area contributed by atoms with Crippen LogP contribution in [0.25, 0.3) is 11.2 Å². The van der Waals surface area contributed by atoms with Gasteiger partial charge in [-0.2, -0.15) is 0 Å². The van der Waals surface area contributed by atoms with Crippen LogP contribution in [0.1, 0.15) is 38.2 Å². The lowest BCUT2D eigenvalue weighted by atomic mass is 10.1. The van der Waals surface area contributed by atoms with Crippen LogP contribution < -0.4 is 5.73 Å². The molecule has 2 heterocycles. The number of fused-ring (bicyclic) bond motifs is 1. The molecule has 0 aliphatic carbocycles. The minimum absolute atomic E-state index is 0.235. The maximum atomic E-state index is 5.81. The van der Waals surface area contributed by atoms with Crippen molar-refractivity contribution in [2.24, 2.45) is 11.7 Å². The van der Waals surface area contributed by atoms with Gasteiger partial charge in [-0.05, 0) is 31.4 Å². The van der Waals surface area contributed by atoms with Gasteiger partial charge in [0.1, 0.15) is 11.3 Å². The molecule has 0 aliphatic rings. The minimum atomic E-state index is 0.235. The highest BCUT2D eigenvalue weighted by atomic mass is 15.2. The molecule has 0 saturated heterocycles. The molecule has 0 bridgehead atoms.